The van der Waals surface area contributed by atoms with E-state index >= 15 is 0 Å². The molecular formula is C20H16N4O6S. The van der Waals surface area contributed by atoms with Crippen LogP contribution in [0.3, 0.4) is 0 Å². The van der Waals surface area contributed by atoms with E-state index in [0.717, 1.165) is 22.2 Å². The Balaban J connectivity index is 1.40. The minimum atomic E-state index is -1.09. The van der Waals surface area contributed by atoms with Crippen LogP contribution in [0.25, 0.3) is 0 Å². The minimum Gasteiger partial charge on any atom is -0.478 e. The number of nitrogens with zero attached hydrogens (tertiary/aromatic N) is 3. The van der Waals surface area contributed by atoms with Gasteiger partial charge in [0.05, 0.1) is 17.5 Å². The van der Waals surface area contributed by atoms with Gasteiger partial charge in [0.15, 0.2) is 16.7 Å². The van der Waals surface area contributed by atoms with Crippen LogP contribution >= 0.6 is 11.8 Å². The van der Waals surface area contributed by atoms with Crippen LogP contribution in [0.1, 0.15) is 22.3 Å². The molecule has 10 nitrogen and oxygen atoms in total. The van der Waals surface area contributed by atoms with Crippen LogP contribution in [0.2, 0.25) is 0 Å². The Hall–Kier alpha value is -3.86. The first-order chi connectivity index (χ1) is 14.9. The predicted octanol–water partition coefficient (Wildman–Crippen LogP) is 1.83. The number of hydrogen-bond acceptors (Lipinski definition) is 8. The second-order valence-corrected chi connectivity index (χ2v) is 7.75. The van der Waals surface area contributed by atoms with Crippen LogP contribution in [-0.4, -0.2) is 46.3 Å². The number of benzene rings is 2. The van der Waals surface area contributed by atoms with Gasteiger partial charge in [-0.1, -0.05) is 11.8 Å². The molecule has 1 saturated heterocycles. The van der Waals surface area contributed by atoms with Gasteiger partial charge < -0.3 is 20.3 Å². The van der Waals surface area contributed by atoms with Gasteiger partial charge in [0, 0.05) is 6.42 Å². The second kappa shape index (κ2) is 8.48. The summed E-state index contributed by atoms with van der Waals surface area (Å²) in [6.07, 6.45) is 1.43. The molecule has 2 aliphatic rings. The highest BCUT2D eigenvalue weighted by molar-refractivity contribution is 8.14. The van der Waals surface area contributed by atoms with Crippen molar-refractivity contribution < 1.29 is 29.0 Å². The molecule has 1 fully saturated rings. The summed E-state index contributed by atoms with van der Waals surface area (Å²) >= 11 is 0.944. The van der Waals surface area contributed by atoms with E-state index in [4.69, 9.17) is 20.3 Å². The maximum Gasteiger partial charge on any atom is 0.335 e. The van der Waals surface area contributed by atoms with Gasteiger partial charge in [-0.15, -0.1) is 5.10 Å². The van der Waals surface area contributed by atoms with E-state index in [1.54, 1.807) is 18.2 Å². The Labute approximate surface area is 180 Å². The highest BCUT2D eigenvalue weighted by Gasteiger charge is 2.40. The van der Waals surface area contributed by atoms with Gasteiger partial charge in [-0.25, -0.2) is 9.69 Å². The number of hydrogen-bond donors (Lipinski definition) is 2. The van der Waals surface area contributed by atoms with Crippen molar-refractivity contribution in [1.82, 2.24) is 0 Å². The number of ether oxygens (including phenoxy) is 2. The van der Waals surface area contributed by atoms with Gasteiger partial charge in [0.25, 0.3) is 0 Å². The summed E-state index contributed by atoms with van der Waals surface area (Å²) in [5.74, 6) is -0.674. The Kier molecular flexibility index (Phi) is 5.58. The highest BCUT2D eigenvalue weighted by Crippen LogP contribution is 2.32. The lowest BCUT2D eigenvalue weighted by Crippen LogP contribution is -2.31. The number of carboxylic acids is 1. The summed E-state index contributed by atoms with van der Waals surface area (Å²) in [6.45, 7) is 0.173. The number of anilines is 1. The molecule has 0 aromatic heterocycles. The van der Waals surface area contributed by atoms with Gasteiger partial charge >= 0.3 is 5.97 Å². The molecule has 0 aliphatic carbocycles. The van der Waals surface area contributed by atoms with E-state index in [-0.39, 0.29) is 23.9 Å². The first-order valence-corrected chi connectivity index (χ1v) is 9.93. The average molecular weight is 440 g/mol. The van der Waals surface area contributed by atoms with Crippen molar-refractivity contribution in [1.29, 1.82) is 0 Å². The van der Waals surface area contributed by atoms with E-state index in [9.17, 15) is 14.4 Å². The number of thioether (sulfide) groups is 1. The van der Waals surface area contributed by atoms with Crippen molar-refractivity contribution in [3.63, 3.8) is 0 Å². The van der Waals surface area contributed by atoms with E-state index in [2.05, 4.69) is 10.2 Å². The molecule has 2 aliphatic heterocycles. The largest absolute Gasteiger partial charge is 0.478 e. The maximum atomic E-state index is 12.7. The standard InChI is InChI=1S/C20H16N4O6S/c21-20(23-22-9-11-1-6-14-15(7-11)30-10-29-14)31-16-8-17(25)24(18(16)26)13-4-2-12(3-5-13)19(27)28/h1-7,9,16H,8,10H2,(H2,21,23)(H,27,28)/b22-9-/t16-/m1/s1. The molecule has 0 saturated carbocycles. The fraction of sp³-hybridized carbons (Fsp3) is 0.150. The molecule has 2 aromatic carbocycles. The molecule has 158 valence electrons. The van der Waals surface area contributed by atoms with E-state index in [1.807, 2.05) is 0 Å². The SMILES string of the molecule is NC(=N/N=C\c1ccc2c(c1)OCO2)S[C@@H]1CC(=O)N(c2ccc(C(=O)O)cc2)C1=O. The molecule has 0 spiro atoms. The number of aromatic carboxylic acids is 1. The third-order valence-electron chi connectivity index (χ3n) is 4.50. The Morgan fingerprint density at radius 3 is 2.65 bits per heavy atom. The number of imide groups is 1. The molecule has 31 heavy (non-hydrogen) atoms. The third-order valence-corrected chi connectivity index (χ3v) is 5.48. The highest BCUT2D eigenvalue weighted by atomic mass is 32.2. The summed E-state index contributed by atoms with van der Waals surface area (Å²) in [6, 6.07) is 10.8. The zero-order chi connectivity index (χ0) is 22.0. The smallest absolute Gasteiger partial charge is 0.335 e. The van der Waals surface area contributed by atoms with Crippen molar-refractivity contribution in [3.05, 3.63) is 53.6 Å². The zero-order valence-corrected chi connectivity index (χ0v) is 16.7. The molecule has 0 unspecified atom stereocenters. The van der Waals surface area contributed by atoms with E-state index < -0.39 is 23.0 Å². The number of nitrogens with two attached hydrogens (primary N) is 1. The van der Waals surface area contributed by atoms with Crippen LogP contribution < -0.4 is 20.1 Å². The van der Waals surface area contributed by atoms with Crippen LogP contribution in [0.4, 0.5) is 5.69 Å². The van der Waals surface area contributed by atoms with Gasteiger partial charge in [0.1, 0.15) is 5.25 Å². The van der Waals surface area contributed by atoms with Crippen molar-refractivity contribution in [2.24, 2.45) is 15.9 Å². The topological polar surface area (TPSA) is 144 Å². The second-order valence-electron chi connectivity index (χ2n) is 6.53. The fourth-order valence-corrected chi connectivity index (χ4v) is 3.85. The molecule has 3 N–H and O–H groups in total. The van der Waals surface area contributed by atoms with Crippen LogP contribution in [0, 0.1) is 0 Å². The first kappa shape index (κ1) is 20.4. The maximum absolute atomic E-state index is 12.7. The van der Waals surface area contributed by atoms with Crippen LogP contribution in [-0.2, 0) is 9.59 Å². The monoisotopic (exact) mass is 440 g/mol. The zero-order valence-electron chi connectivity index (χ0n) is 15.9. The summed E-state index contributed by atoms with van der Waals surface area (Å²) in [4.78, 5) is 37.0. The molecule has 2 heterocycles. The predicted molar refractivity (Wildman–Crippen MR) is 114 cm³/mol. The van der Waals surface area contributed by atoms with Gasteiger partial charge in [-0.2, -0.15) is 5.10 Å². The quantitative estimate of drug-likeness (QED) is 0.310. The number of rotatable bonds is 5. The summed E-state index contributed by atoms with van der Waals surface area (Å²) in [5.41, 5.74) is 6.96. The van der Waals surface area contributed by atoms with E-state index in [0.29, 0.717) is 17.2 Å². The first-order valence-electron chi connectivity index (χ1n) is 9.05. The third kappa shape index (κ3) is 4.36. The molecule has 2 amide bonds. The van der Waals surface area contributed by atoms with Gasteiger partial charge in [0.2, 0.25) is 18.6 Å². The average Bonchev–Trinajstić information content (AvgIpc) is 3.31. The molecule has 0 bridgehead atoms. The van der Waals surface area contributed by atoms with Crippen molar-refractivity contribution in [3.8, 4) is 11.5 Å². The molecule has 0 radical (unpaired) electrons. The lowest BCUT2D eigenvalue weighted by molar-refractivity contribution is -0.121. The Bertz CT molecular complexity index is 1120. The Morgan fingerprint density at radius 1 is 1.16 bits per heavy atom. The molecule has 4 rings (SSSR count). The molecule has 1 atom stereocenters. The van der Waals surface area contributed by atoms with Crippen molar-refractivity contribution in [2.75, 3.05) is 11.7 Å². The van der Waals surface area contributed by atoms with Crippen LogP contribution in [0.5, 0.6) is 11.5 Å². The number of carbonyl (C=O) groups is 3. The normalized spacial score (nSPS) is 18.3. The number of amidine groups is 1. The number of carbonyl (C=O) groups excluding carboxylic acids is 2. The van der Waals surface area contributed by atoms with Crippen LogP contribution in [0.15, 0.2) is 52.7 Å². The summed E-state index contributed by atoms with van der Waals surface area (Å²) < 4.78 is 10.5. The lowest BCUT2D eigenvalue weighted by atomic mass is 10.2. The number of fused-ring (bicyclic) bond motifs is 1. The fourth-order valence-electron chi connectivity index (χ4n) is 3.04. The van der Waals surface area contributed by atoms with Crippen molar-refractivity contribution in [2.45, 2.75) is 11.7 Å². The molecular weight excluding hydrogens is 424 g/mol. The summed E-state index contributed by atoms with van der Waals surface area (Å²) in [5, 5.41) is 16.0. The van der Waals surface area contributed by atoms with Gasteiger partial charge in [-0.05, 0) is 48.0 Å². The molecule has 2 aromatic rings. The van der Waals surface area contributed by atoms with E-state index in [1.165, 1.54) is 30.5 Å². The molecule has 11 heteroatoms. The number of amides is 2. The minimum absolute atomic E-state index is 0.0335. The summed E-state index contributed by atoms with van der Waals surface area (Å²) in [7, 11) is 0. The van der Waals surface area contributed by atoms with Gasteiger partial charge in [-0.3, -0.25) is 9.59 Å². The lowest BCUT2D eigenvalue weighted by Gasteiger charge is -2.14. The Morgan fingerprint density at radius 2 is 1.90 bits per heavy atom. The van der Waals surface area contributed by atoms with Crippen molar-refractivity contribution >= 4 is 46.6 Å². The number of carboxylic acid groups (broad SMARTS) is 1.